The summed E-state index contributed by atoms with van der Waals surface area (Å²) in [5, 5.41) is 3.77. The Labute approximate surface area is 84.8 Å². The van der Waals surface area contributed by atoms with Crippen molar-refractivity contribution in [1.29, 1.82) is 0 Å². The summed E-state index contributed by atoms with van der Waals surface area (Å²) >= 11 is 0. The summed E-state index contributed by atoms with van der Waals surface area (Å²) in [7, 11) is 1.58. The molecule has 0 aliphatic carbocycles. The molecule has 0 spiro atoms. The fourth-order valence-electron chi connectivity index (χ4n) is 1.96. The van der Waals surface area contributed by atoms with E-state index in [1.165, 1.54) is 25.1 Å². The van der Waals surface area contributed by atoms with Crippen molar-refractivity contribution in [3.8, 4) is 0 Å². The topological polar surface area (TPSA) is 24.8 Å². The minimum absolute atomic E-state index is 0. The van der Waals surface area contributed by atoms with E-state index in [-0.39, 0.29) is 12.4 Å². The molecule has 2 atom stereocenters. The third-order valence-electron chi connectivity index (χ3n) is 2.49. The third kappa shape index (κ3) is 2.45. The van der Waals surface area contributed by atoms with Crippen LogP contribution in [0.4, 0.5) is 0 Å². The Morgan fingerprint density at radius 3 is 3.23 bits per heavy atom. The first-order chi connectivity index (χ1) is 5.88. The van der Waals surface area contributed by atoms with Gasteiger partial charge in [-0.05, 0) is 24.5 Å². The predicted octanol–water partition coefficient (Wildman–Crippen LogP) is 1.30. The lowest BCUT2D eigenvalue weighted by molar-refractivity contribution is 0.215. The van der Waals surface area contributed by atoms with Gasteiger partial charge < -0.3 is 4.84 Å². The maximum absolute atomic E-state index is 4.65. The van der Waals surface area contributed by atoms with Gasteiger partial charge in [0.05, 0.1) is 6.21 Å². The van der Waals surface area contributed by atoms with Crippen LogP contribution in [0.3, 0.4) is 0 Å². The smallest absolute Gasteiger partial charge is 0.106 e. The molecule has 74 valence electrons. The average Bonchev–Trinajstić information content (AvgIpc) is 2.42. The average molecular weight is 203 g/mol. The highest BCUT2D eigenvalue weighted by molar-refractivity contribution is 5.85. The van der Waals surface area contributed by atoms with Crippen LogP contribution in [0, 0.1) is 5.92 Å². The Kier molecular flexibility index (Phi) is 3.75. The number of nitrogens with zero attached hydrogens (tertiary/aromatic N) is 2. The Hall–Kier alpha value is -0.540. The molecular weight excluding hydrogens is 188 g/mol. The van der Waals surface area contributed by atoms with Crippen molar-refractivity contribution >= 4 is 18.6 Å². The fourth-order valence-corrected chi connectivity index (χ4v) is 1.96. The normalized spacial score (nSPS) is 31.3. The van der Waals surface area contributed by atoms with E-state index < -0.39 is 0 Å². The van der Waals surface area contributed by atoms with E-state index in [1.807, 2.05) is 6.21 Å². The van der Waals surface area contributed by atoms with Crippen molar-refractivity contribution in [2.75, 3.05) is 26.7 Å². The Morgan fingerprint density at radius 1 is 1.69 bits per heavy atom. The molecule has 1 saturated heterocycles. The Balaban J connectivity index is 0.000000845. The molecule has 0 saturated carbocycles. The highest BCUT2D eigenvalue weighted by Gasteiger charge is 2.25. The quantitative estimate of drug-likeness (QED) is 0.498. The van der Waals surface area contributed by atoms with Gasteiger partial charge in [0.25, 0.3) is 0 Å². The van der Waals surface area contributed by atoms with Crippen molar-refractivity contribution in [3.63, 3.8) is 0 Å². The maximum atomic E-state index is 4.65. The van der Waals surface area contributed by atoms with Crippen LogP contribution in [-0.2, 0) is 4.84 Å². The summed E-state index contributed by atoms with van der Waals surface area (Å²) in [6.07, 6.45) is 5.46. The van der Waals surface area contributed by atoms with Gasteiger partial charge in [-0.1, -0.05) is 11.2 Å². The van der Waals surface area contributed by atoms with E-state index in [1.54, 1.807) is 7.11 Å². The Morgan fingerprint density at radius 2 is 2.54 bits per heavy atom. The molecule has 2 unspecified atom stereocenters. The van der Waals surface area contributed by atoms with E-state index in [2.05, 4.69) is 21.0 Å². The molecule has 0 N–H and O–H groups in total. The Bertz CT molecular complexity index is 228. The van der Waals surface area contributed by atoms with Gasteiger partial charge in [-0.2, -0.15) is 0 Å². The summed E-state index contributed by atoms with van der Waals surface area (Å²) in [4.78, 5) is 7.11. The molecule has 2 heterocycles. The molecule has 2 aliphatic heterocycles. The van der Waals surface area contributed by atoms with E-state index >= 15 is 0 Å². The molecular formula is C9H15ClN2O. The van der Waals surface area contributed by atoms with Gasteiger partial charge in [0.2, 0.25) is 0 Å². The molecule has 2 bridgehead atoms. The molecule has 4 heteroatoms. The van der Waals surface area contributed by atoms with Gasteiger partial charge in [0.1, 0.15) is 7.11 Å². The second-order valence-corrected chi connectivity index (χ2v) is 3.44. The number of fused-ring (bicyclic) bond motifs is 2. The van der Waals surface area contributed by atoms with Crippen molar-refractivity contribution in [2.45, 2.75) is 6.42 Å². The molecule has 0 aromatic heterocycles. The summed E-state index contributed by atoms with van der Waals surface area (Å²) < 4.78 is 0. The summed E-state index contributed by atoms with van der Waals surface area (Å²) in [6, 6.07) is 0. The number of hydrogen-bond acceptors (Lipinski definition) is 3. The van der Waals surface area contributed by atoms with Crippen LogP contribution in [0.25, 0.3) is 0 Å². The first-order valence-corrected chi connectivity index (χ1v) is 4.38. The van der Waals surface area contributed by atoms with E-state index in [0.29, 0.717) is 0 Å². The third-order valence-corrected chi connectivity index (χ3v) is 2.49. The molecule has 3 nitrogen and oxygen atoms in total. The van der Waals surface area contributed by atoms with Crippen LogP contribution < -0.4 is 0 Å². The standard InChI is InChI=1S/C9H14N2O.ClH/c1-12-10-5-9-4-8-2-3-11(6-8)7-9;/h4-5,8H,2-3,6-7H2,1H3;1H. The molecule has 0 amide bonds. The van der Waals surface area contributed by atoms with Crippen molar-refractivity contribution in [2.24, 2.45) is 11.1 Å². The largest absolute Gasteiger partial charge is 0.399 e. The molecule has 0 aromatic rings. The van der Waals surface area contributed by atoms with Gasteiger partial charge in [-0.25, -0.2) is 0 Å². The van der Waals surface area contributed by atoms with Crippen molar-refractivity contribution in [1.82, 2.24) is 4.90 Å². The van der Waals surface area contributed by atoms with Crippen molar-refractivity contribution < 1.29 is 4.84 Å². The molecule has 1 fully saturated rings. The maximum Gasteiger partial charge on any atom is 0.106 e. The van der Waals surface area contributed by atoms with Gasteiger partial charge in [-0.15, -0.1) is 12.4 Å². The second-order valence-electron chi connectivity index (χ2n) is 3.44. The van der Waals surface area contributed by atoms with Crippen LogP contribution in [0.1, 0.15) is 6.42 Å². The van der Waals surface area contributed by atoms with Crippen LogP contribution >= 0.6 is 12.4 Å². The SMILES string of the molecule is CON=CC1=CC2CCN(C1)C2.Cl. The lowest BCUT2D eigenvalue weighted by Gasteiger charge is -2.20. The zero-order valence-electron chi connectivity index (χ0n) is 7.77. The lowest BCUT2D eigenvalue weighted by atomic mass is 10.0. The first kappa shape index (κ1) is 10.5. The predicted molar refractivity (Wildman–Crippen MR) is 55.4 cm³/mol. The first-order valence-electron chi connectivity index (χ1n) is 4.38. The van der Waals surface area contributed by atoms with E-state index in [0.717, 1.165) is 12.5 Å². The summed E-state index contributed by atoms with van der Waals surface area (Å²) in [5.74, 6) is 0.761. The van der Waals surface area contributed by atoms with Crippen LogP contribution in [0.5, 0.6) is 0 Å². The number of oxime groups is 1. The number of rotatable bonds is 2. The molecule has 2 rings (SSSR count). The van der Waals surface area contributed by atoms with Gasteiger partial charge in [0.15, 0.2) is 0 Å². The summed E-state index contributed by atoms with van der Waals surface area (Å²) in [6.45, 7) is 3.53. The second kappa shape index (κ2) is 4.63. The van der Waals surface area contributed by atoms with Gasteiger partial charge in [0, 0.05) is 13.1 Å². The molecule has 0 aromatic carbocycles. The summed E-state index contributed by atoms with van der Waals surface area (Å²) in [5.41, 5.74) is 1.30. The highest BCUT2D eigenvalue weighted by atomic mass is 35.5. The lowest BCUT2D eigenvalue weighted by Crippen LogP contribution is -2.26. The number of halogens is 1. The van der Waals surface area contributed by atoms with Crippen LogP contribution in [0.2, 0.25) is 0 Å². The minimum atomic E-state index is 0. The zero-order valence-corrected chi connectivity index (χ0v) is 8.59. The minimum Gasteiger partial charge on any atom is -0.399 e. The molecule has 2 aliphatic rings. The highest BCUT2D eigenvalue weighted by Crippen LogP contribution is 2.24. The zero-order chi connectivity index (χ0) is 8.39. The molecule has 13 heavy (non-hydrogen) atoms. The van der Waals surface area contributed by atoms with E-state index in [4.69, 9.17) is 0 Å². The fraction of sp³-hybridized carbons (Fsp3) is 0.667. The van der Waals surface area contributed by atoms with Gasteiger partial charge in [-0.3, -0.25) is 4.90 Å². The van der Waals surface area contributed by atoms with Crippen LogP contribution in [-0.4, -0.2) is 37.9 Å². The van der Waals surface area contributed by atoms with Gasteiger partial charge >= 0.3 is 0 Å². The number of hydrogen-bond donors (Lipinski definition) is 0. The molecule has 0 radical (unpaired) electrons. The van der Waals surface area contributed by atoms with Crippen LogP contribution in [0.15, 0.2) is 16.8 Å². The monoisotopic (exact) mass is 202 g/mol. The van der Waals surface area contributed by atoms with Crippen molar-refractivity contribution in [3.05, 3.63) is 11.6 Å². The van der Waals surface area contributed by atoms with E-state index in [9.17, 15) is 0 Å².